The summed E-state index contributed by atoms with van der Waals surface area (Å²) in [5.74, 6) is 0.762. The maximum atomic E-state index is 8.50. The second-order valence-electron chi connectivity index (χ2n) is 1.87. The SMILES string of the molecule is N#CC(C=S)=C1NCCN1. The largest absolute Gasteiger partial charge is 0.369 e. The molecule has 1 saturated heterocycles. The molecule has 10 heavy (non-hydrogen) atoms. The lowest BCUT2D eigenvalue weighted by Gasteiger charge is -1.97. The molecule has 1 aliphatic heterocycles. The van der Waals surface area contributed by atoms with Gasteiger partial charge in [0, 0.05) is 18.5 Å². The molecule has 2 N–H and O–H groups in total. The third-order valence-corrected chi connectivity index (χ3v) is 1.47. The molecule has 0 saturated carbocycles. The summed E-state index contributed by atoms with van der Waals surface area (Å²) >= 11 is 4.62. The molecular formula is C6H7N3S. The molecule has 0 radical (unpaired) electrons. The van der Waals surface area contributed by atoms with Gasteiger partial charge < -0.3 is 10.6 Å². The summed E-state index contributed by atoms with van der Waals surface area (Å²) in [6, 6.07) is 1.99. The maximum Gasteiger partial charge on any atom is 0.118 e. The highest BCUT2D eigenvalue weighted by Gasteiger charge is 2.07. The highest BCUT2D eigenvalue weighted by molar-refractivity contribution is 7.79. The molecule has 0 aliphatic carbocycles. The van der Waals surface area contributed by atoms with Gasteiger partial charge in [-0.15, -0.1) is 0 Å². The fraction of sp³-hybridized carbons (Fsp3) is 0.333. The van der Waals surface area contributed by atoms with Crippen LogP contribution in [0.1, 0.15) is 0 Å². The highest BCUT2D eigenvalue weighted by atomic mass is 32.1. The Hall–Kier alpha value is -1.08. The number of allylic oxidation sites excluding steroid dienone is 1. The number of hydrogen-bond acceptors (Lipinski definition) is 4. The first-order valence-corrected chi connectivity index (χ1v) is 3.43. The van der Waals surface area contributed by atoms with Crippen LogP contribution in [0.15, 0.2) is 11.4 Å². The molecule has 0 aromatic carbocycles. The number of nitrogens with zero attached hydrogens (tertiary/aromatic N) is 1. The second-order valence-corrected chi connectivity index (χ2v) is 2.11. The number of thiocarbonyl (C=S) groups is 1. The van der Waals surface area contributed by atoms with Crippen LogP contribution in [0.25, 0.3) is 0 Å². The molecule has 1 rings (SSSR count). The summed E-state index contributed by atoms with van der Waals surface area (Å²) in [5.41, 5.74) is 0.507. The Morgan fingerprint density at radius 1 is 1.60 bits per heavy atom. The molecule has 1 fully saturated rings. The van der Waals surface area contributed by atoms with Crippen LogP contribution in [-0.2, 0) is 0 Å². The molecule has 0 aromatic rings. The first kappa shape index (κ1) is 7.03. The quantitative estimate of drug-likeness (QED) is 0.314. The molecule has 1 aliphatic rings. The summed E-state index contributed by atoms with van der Waals surface area (Å²) in [6.07, 6.45) is 0. The minimum Gasteiger partial charge on any atom is -0.369 e. The van der Waals surface area contributed by atoms with E-state index in [0.717, 1.165) is 18.9 Å². The van der Waals surface area contributed by atoms with Crippen molar-refractivity contribution in [2.45, 2.75) is 0 Å². The van der Waals surface area contributed by atoms with E-state index in [2.05, 4.69) is 22.9 Å². The number of hydrogen-bond donors (Lipinski definition) is 2. The van der Waals surface area contributed by atoms with Gasteiger partial charge in [0.15, 0.2) is 0 Å². The predicted molar refractivity (Wildman–Crippen MR) is 42.3 cm³/mol. The van der Waals surface area contributed by atoms with Crippen molar-refractivity contribution < 1.29 is 0 Å². The monoisotopic (exact) mass is 153 g/mol. The van der Waals surface area contributed by atoms with Gasteiger partial charge in [0.1, 0.15) is 17.5 Å². The second kappa shape index (κ2) is 3.18. The van der Waals surface area contributed by atoms with Crippen LogP contribution in [0.4, 0.5) is 0 Å². The summed E-state index contributed by atoms with van der Waals surface area (Å²) in [5, 5.41) is 15.9. The molecule has 1 heterocycles. The van der Waals surface area contributed by atoms with Gasteiger partial charge in [-0.05, 0) is 0 Å². The first-order chi connectivity index (χ1) is 4.88. The normalized spacial score (nSPS) is 14.9. The van der Waals surface area contributed by atoms with E-state index in [1.807, 2.05) is 6.07 Å². The van der Waals surface area contributed by atoms with Gasteiger partial charge in [-0.1, -0.05) is 12.2 Å². The average Bonchev–Trinajstić information content (AvgIpc) is 2.43. The molecule has 0 aromatic heterocycles. The molecule has 0 atom stereocenters. The molecular weight excluding hydrogens is 146 g/mol. The van der Waals surface area contributed by atoms with E-state index in [1.165, 1.54) is 5.37 Å². The van der Waals surface area contributed by atoms with E-state index < -0.39 is 0 Å². The van der Waals surface area contributed by atoms with Crippen LogP contribution in [0, 0.1) is 11.3 Å². The summed E-state index contributed by atoms with van der Waals surface area (Å²) in [6.45, 7) is 1.73. The zero-order valence-electron chi connectivity index (χ0n) is 5.35. The molecule has 0 bridgehead atoms. The molecule has 3 nitrogen and oxygen atoms in total. The predicted octanol–water partition coefficient (Wildman–Crippen LogP) is -0.0859. The van der Waals surface area contributed by atoms with Crippen molar-refractivity contribution in [3.63, 3.8) is 0 Å². The standard InChI is InChI=1S/C6H7N3S/c7-3-5(4-10)6-8-1-2-9-6/h4,8-9H,1-2H2. The van der Waals surface area contributed by atoms with Crippen molar-refractivity contribution in [1.82, 2.24) is 10.6 Å². The van der Waals surface area contributed by atoms with E-state index in [4.69, 9.17) is 5.26 Å². The summed E-state index contributed by atoms with van der Waals surface area (Å²) in [4.78, 5) is 0. The average molecular weight is 153 g/mol. The van der Waals surface area contributed by atoms with E-state index in [-0.39, 0.29) is 0 Å². The topological polar surface area (TPSA) is 47.9 Å². The van der Waals surface area contributed by atoms with Crippen LogP contribution >= 0.6 is 12.2 Å². The van der Waals surface area contributed by atoms with Gasteiger partial charge >= 0.3 is 0 Å². The van der Waals surface area contributed by atoms with E-state index in [1.54, 1.807) is 0 Å². The Kier molecular flexibility index (Phi) is 2.24. The first-order valence-electron chi connectivity index (χ1n) is 2.96. The molecule has 4 heteroatoms. The summed E-state index contributed by atoms with van der Waals surface area (Å²) in [7, 11) is 0. The fourth-order valence-electron chi connectivity index (χ4n) is 0.769. The zero-order chi connectivity index (χ0) is 7.40. The Labute approximate surface area is 64.7 Å². The van der Waals surface area contributed by atoms with Gasteiger partial charge in [0.05, 0.1) is 0 Å². The highest BCUT2D eigenvalue weighted by Crippen LogP contribution is 1.97. The van der Waals surface area contributed by atoms with Crippen LogP contribution in [-0.4, -0.2) is 18.5 Å². The zero-order valence-corrected chi connectivity index (χ0v) is 6.16. The number of nitrogens with one attached hydrogen (secondary N) is 2. The van der Waals surface area contributed by atoms with Crippen LogP contribution < -0.4 is 10.6 Å². The molecule has 52 valence electrons. The minimum absolute atomic E-state index is 0.507. The van der Waals surface area contributed by atoms with Gasteiger partial charge in [-0.2, -0.15) is 5.26 Å². The van der Waals surface area contributed by atoms with Gasteiger partial charge in [-0.25, -0.2) is 0 Å². The maximum absolute atomic E-state index is 8.50. The third-order valence-electron chi connectivity index (χ3n) is 1.24. The lowest BCUT2D eigenvalue weighted by Crippen LogP contribution is -2.13. The van der Waals surface area contributed by atoms with E-state index >= 15 is 0 Å². The lowest BCUT2D eigenvalue weighted by atomic mass is 10.3. The number of nitriles is 1. The molecule has 0 unspecified atom stereocenters. The Bertz CT molecular complexity index is 206. The Morgan fingerprint density at radius 3 is 2.60 bits per heavy atom. The smallest absolute Gasteiger partial charge is 0.118 e. The third kappa shape index (κ3) is 1.25. The Balaban J connectivity index is 2.81. The van der Waals surface area contributed by atoms with Crippen molar-refractivity contribution in [3.8, 4) is 6.07 Å². The Morgan fingerprint density at radius 2 is 2.20 bits per heavy atom. The van der Waals surface area contributed by atoms with Crippen LogP contribution in [0.2, 0.25) is 0 Å². The van der Waals surface area contributed by atoms with Gasteiger partial charge in [0.25, 0.3) is 0 Å². The van der Waals surface area contributed by atoms with Crippen molar-refractivity contribution >= 4 is 17.6 Å². The van der Waals surface area contributed by atoms with E-state index in [0.29, 0.717) is 5.57 Å². The van der Waals surface area contributed by atoms with Gasteiger partial charge in [0.2, 0.25) is 0 Å². The van der Waals surface area contributed by atoms with Crippen molar-refractivity contribution in [2.24, 2.45) is 0 Å². The summed E-state index contributed by atoms with van der Waals surface area (Å²) < 4.78 is 0. The van der Waals surface area contributed by atoms with Crippen LogP contribution in [0.5, 0.6) is 0 Å². The van der Waals surface area contributed by atoms with Crippen molar-refractivity contribution in [3.05, 3.63) is 11.4 Å². The molecule has 0 amide bonds. The van der Waals surface area contributed by atoms with Crippen molar-refractivity contribution in [2.75, 3.05) is 13.1 Å². The lowest BCUT2D eigenvalue weighted by molar-refractivity contribution is 0.942. The van der Waals surface area contributed by atoms with Crippen molar-refractivity contribution in [1.29, 1.82) is 5.26 Å². The van der Waals surface area contributed by atoms with E-state index in [9.17, 15) is 0 Å². The molecule has 0 spiro atoms. The minimum atomic E-state index is 0.507. The van der Waals surface area contributed by atoms with Crippen LogP contribution in [0.3, 0.4) is 0 Å². The number of rotatable bonds is 1. The van der Waals surface area contributed by atoms with Gasteiger partial charge in [-0.3, -0.25) is 0 Å². The fourth-order valence-corrected chi connectivity index (χ4v) is 0.940.